The molecule has 0 saturated carbocycles. The predicted molar refractivity (Wildman–Crippen MR) is 128 cm³/mol. The van der Waals surface area contributed by atoms with Gasteiger partial charge in [-0.3, -0.25) is 4.79 Å². The first kappa shape index (κ1) is 23.2. The van der Waals surface area contributed by atoms with Gasteiger partial charge in [-0.1, -0.05) is 42.5 Å². The molecular formula is C25H26O5S2. The topological polar surface area (TPSA) is 87.0 Å². The second-order valence-electron chi connectivity index (χ2n) is 7.97. The summed E-state index contributed by atoms with van der Waals surface area (Å²) < 4.78 is 5.92. The molecule has 168 valence electrons. The first-order valence-corrected chi connectivity index (χ1v) is 12.5. The lowest BCUT2D eigenvalue weighted by Crippen LogP contribution is -2.52. The van der Waals surface area contributed by atoms with Crippen LogP contribution in [0.15, 0.2) is 54.6 Å². The number of carbonyl (C=O) groups excluding carboxylic acids is 1. The molecule has 0 aliphatic carbocycles. The van der Waals surface area contributed by atoms with Gasteiger partial charge in [-0.25, -0.2) is 0 Å². The molecule has 1 saturated heterocycles. The smallest absolute Gasteiger partial charge is 0.150 e. The van der Waals surface area contributed by atoms with Crippen molar-refractivity contribution in [1.82, 2.24) is 0 Å². The third-order valence-corrected chi connectivity index (χ3v) is 7.86. The van der Waals surface area contributed by atoms with Crippen LogP contribution in [-0.4, -0.2) is 51.6 Å². The van der Waals surface area contributed by atoms with Gasteiger partial charge in [-0.2, -0.15) is 0 Å². The Kier molecular flexibility index (Phi) is 7.14. The monoisotopic (exact) mass is 470 g/mol. The van der Waals surface area contributed by atoms with Crippen LogP contribution in [0.1, 0.15) is 38.0 Å². The largest absolute Gasteiger partial charge is 0.387 e. The van der Waals surface area contributed by atoms with Gasteiger partial charge in [0.15, 0.2) is 6.29 Å². The van der Waals surface area contributed by atoms with Gasteiger partial charge in [0, 0.05) is 27.3 Å². The van der Waals surface area contributed by atoms with Crippen LogP contribution in [0.2, 0.25) is 0 Å². The van der Waals surface area contributed by atoms with Gasteiger partial charge in [-0.15, -0.1) is 23.1 Å². The molecule has 2 aromatic carbocycles. The minimum Gasteiger partial charge on any atom is -0.387 e. The van der Waals surface area contributed by atoms with Gasteiger partial charge in [0.2, 0.25) is 0 Å². The summed E-state index contributed by atoms with van der Waals surface area (Å²) in [5.41, 5.74) is 3.97. The van der Waals surface area contributed by atoms with Crippen molar-refractivity contribution in [3.8, 4) is 10.4 Å². The summed E-state index contributed by atoms with van der Waals surface area (Å²) in [6.45, 7) is 2.04. The molecule has 3 aromatic rings. The molecule has 1 fully saturated rings. The molecule has 3 N–H and O–H groups in total. The molecule has 0 spiro atoms. The predicted octanol–water partition coefficient (Wildman–Crippen LogP) is 3.97. The summed E-state index contributed by atoms with van der Waals surface area (Å²) in [5, 5.41) is 30.9. The normalized spacial score (nSPS) is 25.6. The van der Waals surface area contributed by atoms with E-state index >= 15 is 0 Å². The van der Waals surface area contributed by atoms with E-state index in [1.807, 2.05) is 55.5 Å². The number of aliphatic hydroxyl groups is 3. The van der Waals surface area contributed by atoms with E-state index in [1.54, 1.807) is 17.6 Å². The van der Waals surface area contributed by atoms with Gasteiger partial charge in [0.25, 0.3) is 0 Å². The lowest BCUT2D eigenvalue weighted by atomic mass is 9.92. The van der Waals surface area contributed by atoms with Crippen LogP contribution in [0.4, 0.5) is 0 Å². The van der Waals surface area contributed by atoms with Gasteiger partial charge >= 0.3 is 0 Å². The number of carbonyl (C=O) groups is 1. The van der Waals surface area contributed by atoms with Crippen LogP contribution in [-0.2, 0) is 11.2 Å². The van der Waals surface area contributed by atoms with E-state index in [9.17, 15) is 20.1 Å². The number of hydrogen-bond acceptors (Lipinski definition) is 7. The molecule has 0 amide bonds. The summed E-state index contributed by atoms with van der Waals surface area (Å²) in [7, 11) is 0. The Hall–Kier alpha value is -2.00. The lowest BCUT2D eigenvalue weighted by molar-refractivity contribution is -0.200. The van der Waals surface area contributed by atoms with E-state index in [0.717, 1.165) is 38.3 Å². The Labute approximate surface area is 195 Å². The number of ether oxygens (including phenoxy) is 1. The number of thioether (sulfide) groups is 1. The van der Waals surface area contributed by atoms with E-state index < -0.39 is 29.9 Å². The van der Waals surface area contributed by atoms with Crippen LogP contribution in [0.5, 0.6) is 0 Å². The minimum atomic E-state index is -1.27. The van der Waals surface area contributed by atoms with Crippen LogP contribution >= 0.6 is 23.1 Å². The number of benzene rings is 2. The summed E-state index contributed by atoms with van der Waals surface area (Å²) >= 11 is 2.95. The van der Waals surface area contributed by atoms with Crippen molar-refractivity contribution < 1.29 is 24.9 Å². The molecule has 1 aliphatic rings. The highest BCUT2D eigenvalue weighted by atomic mass is 32.2. The Morgan fingerprint density at radius 3 is 2.56 bits per heavy atom. The van der Waals surface area contributed by atoms with Crippen molar-refractivity contribution in [3.63, 3.8) is 0 Å². The molecule has 0 bridgehead atoms. The molecular weight excluding hydrogens is 444 g/mol. The Morgan fingerprint density at radius 2 is 1.81 bits per heavy atom. The molecule has 5 atom stereocenters. The summed E-state index contributed by atoms with van der Waals surface area (Å²) in [4.78, 5) is 13.6. The average Bonchev–Trinajstić information content (AvgIpc) is 3.27. The van der Waals surface area contributed by atoms with Crippen molar-refractivity contribution in [2.75, 3.05) is 6.26 Å². The number of aliphatic hydroxyl groups excluding tert-OH is 3. The van der Waals surface area contributed by atoms with Crippen LogP contribution in [0.3, 0.4) is 0 Å². The maximum absolute atomic E-state index is 11.4. The second kappa shape index (κ2) is 9.87. The quantitative estimate of drug-likeness (QED) is 0.473. The molecule has 4 rings (SSSR count). The third kappa shape index (κ3) is 4.55. The summed E-state index contributed by atoms with van der Waals surface area (Å²) in [6.07, 6.45) is -0.958. The fourth-order valence-electron chi connectivity index (χ4n) is 4.01. The van der Waals surface area contributed by atoms with Crippen molar-refractivity contribution >= 4 is 29.4 Å². The van der Waals surface area contributed by atoms with Crippen LogP contribution in [0.25, 0.3) is 10.4 Å². The van der Waals surface area contributed by atoms with E-state index in [4.69, 9.17) is 4.74 Å². The Balaban J connectivity index is 1.59. The molecule has 5 nitrogen and oxygen atoms in total. The number of thiophene rings is 1. The third-order valence-electron chi connectivity index (χ3n) is 5.88. The van der Waals surface area contributed by atoms with Gasteiger partial charge < -0.3 is 20.1 Å². The summed E-state index contributed by atoms with van der Waals surface area (Å²) in [5.74, 6) is 0. The summed E-state index contributed by atoms with van der Waals surface area (Å²) in [6, 6.07) is 17.6. The number of aldehydes is 1. The number of aryl methyl sites for hydroxylation is 1. The fourth-order valence-corrected chi connectivity index (χ4v) is 5.76. The van der Waals surface area contributed by atoms with Crippen molar-refractivity contribution in [2.24, 2.45) is 0 Å². The first-order chi connectivity index (χ1) is 15.4. The van der Waals surface area contributed by atoms with Crippen molar-refractivity contribution in [2.45, 2.75) is 43.2 Å². The molecule has 2 heterocycles. The van der Waals surface area contributed by atoms with Crippen molar-refractivity contribution in [1.29, 1.82) is 0 Å². The lowest BCUT2D eigenvalue weighted by Gasteiger charge is -2.40. The van der Waals surface area contributed by atoms with E-state index in [1.165, 1.54) is 11.8 Å². The fraction of sp³-hybridized carbons (Fsp3) is 0.320. The van der Waals surface area contributed by atoms with E-state index in [2.05, 4.69) is 6.07 Å². The zero-order chi connectivity index (χ0) is 22.8. The van der Waals surface area contributed by atoms with E-state index in [-0.39, 0.29) is 0 Å². The molecule has 0 radical (unpaired) electrons. The molecule has 7 heteroatoms. The highest BCUT2D eigenvalue weighted by molar-refractivity contribution is 7.99. The molecule has 1 unspecified atom stereocenters. The maximum Gasteiger partial charge on any atom is 0.150 e. The Morgan fingerprint density at radius 1 is 1.03 bits per heavy atom. The second-order valence-corrected chi connectivity index (χ2v) is 10.1. The van der Waals surface area contributed by atoms with Gasteiger partial charge in [0.1, 0.15) is 29.9 Å². The average molecular weight is 471 g/mol. The zero-order valence-electron chi connectivity index (χ0n) is 17.8. The molecule has 32 heavy (non-hydrogen) atoms. The minimum absolute atomic E-state index is 0.610. The van der Waals surface area contributed by atoms with Gasteiger partial charge in [0.05, 0.1) is 0 Å². The zero-order valence-corrected chi connectivity index (χ0v) is 19.5. The van der Waals surface area contributed by atoms with Crippen LogP contribution in [0, 0.1) is 6.92 Å². The van der Waals surface area contributed by atoms with Crippen molar-refractivity contribution in [3.05, 3.63) is 81.7 Å². The number of rotatable bonds is 6. The highest BCUT2D eigenvalue weighted by Gasteiger charge is 2.44. The first-order valence-electron chi connectivity index (χ1n) is 10.4. The SMILES string of the molecule is CS[C@H]1OC(c2ccc(C)c(Cc3ccc(-c4ccccc4C=O)s3)c2)[C@H](O)[C@@H](O)[C@@H]1O. The Bertz CT molecular complexity index is 1090. The van der Waals surface area contributed by atoms with E-state index in [0.29, 0.717) is 12.0 Å². The maximum atomic E-state index is 11.4. The van der Waals surface area contributed by atoms with Crippen LogP contribution < -0.4 is 0 Å². The standard InChI is InChI=1S/C25H26O5S2/c1-14-7-8-15(24-22(28)21(27)23(29)25(30-24)31-2)11-17(14)12-18-9-10-20(32-18)19-6-4-3-5-16(19)13-26/h3-11,13,21-25,27-29H,12H2,1-2H3/t21-,22-,23+,24?,25-/m1/s1. The molecule has 1 aromatic heterocycles. The van der Waals surface area contributed by atoms with Gasteiger partial charge in [-0.05, 0) is 42.0 Å². The highest BCUT2D eigenvalue weighted by Crippen LogP contribution is 2.37. The number of hydrogen-bond donors (Lipinski definition) is 3. The molecule has 1 aliphatic heterocycles.